The summed E-state index contributed by atoms with van der Waals surface area (Å²) in [5, 5.41) is 7.85. The van der Waals surface area contributed by atoms with E-state index in [0.717, 1.165) is 29.2 Å². The lowest BCUT2D eigenvalue weighted by Crippen LogP contribution is -2.46. The summed E-state index contributed by atoms with van der Waals surface area (Å²) >= 11 is 1.62. The second-order valence-corrected chi connectivity index (χ2v) is 5.78. The standard InChI is InChI=1S/C14H21N3OS/c1-9-7-17(8-10(2)18-9)11-5-4-6-12(19-3)13(11)14(15)16/h4-6,9-10H,7-8H2,1-3H3,(H3,15,16). The molecule has 1 aromatic carbocycles. The molecule has 2 rings (SSSR count). The maximum absolute atomic E-state index is 7.85. The summed E-state index contributed by atoms with van der Waals surface area (Å²) in [6.07, 6.45) is 2.40. The summed E-state index contributed by atoms with van der Waals surface area (Å²) < 4.78 is 5.76. The van der Waals surface area contributed by atoms with Crippen LogP contribution < -0.4 is 10.6 Å². The minimum atomic E-state index is 0.131. The monoisotopic (exact) mass is 279 g/mol. The van der Waals surface area contributed by atoms with E-state index < -0.39 is 0 Å². The molecule has 1 fully saturated rings. The van der Waals surface area contributed by atoms with Crippen LogP contribution in [-0.2, 0) is 4.74 Å². The van der Waals surface area contributed by atoms with Gasteiger partial charge in [0.15, 0.2) is 0 Å². The molecule has 0 aliphatic carbocycles. The highest BCUT2D eigenvalue weighted by molar-refractivity contribution is 7.98. The van der Waals surface area contributed by atoms with Crippen molar-refractivity contribution in [2.24, 2.45) is 5.73 Å². The quantitative estimate of drug-likeness (QED) is 0.506. The number of nitrogen functional groups attached to an aromatic ring is 1. The lowest BCUT2D eigenvalue weighted by Gasteiger charge is -2.38. The Bertz CT molecular complexity index is 468. The van der Waals surface area contributed by atoms with Crippen LogP contribution in [0.25, 0.3) is 0 Å². The number of ether oxygens (including phenoxy) is 1. The zero-order valence-electron chi connectivity index (χ0n) is 11.6. The Labute approximate surface area is 118 Å². The van der Waals surface area contributed by atoms with E-state index >= 15 is 0 Å². The van der Waals surface area contributed by atoms with Crippen molar-refractivity contribution in [3.63, 3.8) is 0 Å². The van der Waals surface area contributed by atoms with Gasteiger partial charge in [0.05, 0.1) is 17.8 Å². The smallest absolute Gasteiger partial charge is 0.126 e. The molecule has 1 aliphatic rings. The molecular weight excluding hydrogens is 258 g/mol. The first-order valence-corrected chi connectivity index (χ1v) is 7.67. The van der Waals surface area contributed by atoms with Crippen molar-refractivity contribution in [3.05, 3.63) is 23.8 Å². The highest BCUT2D eigenvalue weighted by Gasteiger charge is 2.25. The SMILES string of the molecule is CSc1cccc(N2CC(C)OC(C)C2)c1C(=N)N. The number of amidine groups is 1. The van der Waals surface area contributed by atoms with Gasteiger partial charge in [-0.15, -0.1) is 11.8 Å². The molecule has 2 atom stereocenters. The number of thioether (sulfide) groups is 1. The summed E-state index contributed by atoms with van der Waals surface area (Å²) in [5.41, 5.74) is 7.67. The summed E-state index contributed by atoms with van der Waals surface area (Å²) in [6, 6.07) is 6.08. The minimum absolute atomic E-state index is 0.131. The van der Waals surface area contributed by atoms with E-state index in [1.54, 1.807) is 11.8 Å². The Morgan fingerprint density at radius 3 is 2.53 bits per heavy atom. The van der Waals surface area contributed by atoms with E-state index in [1.165, 1.54) is 0 Å². The molecule has 0 saturated carbocycles. The van der Waals surface area contributed by atoms with Crippen LogP contribution in [0.2, 0.25) is 0 Å². The molecule has 0 radical (unpaired) electrons. The van der Waals surface area contributed by atoms with Crippen LogP contribution in [0, 0.1) is 5.41 Å². The van der Waals surface area contributed by atoms with Crippen molar-refractivity contribution in [2.45, 2.75) is 31.0 Å². The minimum Gasteiger partial charge on any atom is -0.384 e. The van der Waals surface area contributed by atoms with E-state index in [0.29, 0.717) is 0 Å². The lowest BCUT2D eigenvalue weighted by molar-refractivity contribution is -0.00523. The highest BCUT2D eigenvalue weighted by Crippen LogP contribution is 2.31. The van der Waals surface area contributed by atoms with Crippen molar-refractivity contribution in [3.8, 4) is 0 Å². The number of benzene rings is 1. The Morgan fingerprint density at radius 1 is 1.37 bits per heavy atom. The summed E-state index contributed by atoms with van der Waals surface area (Å²) in [4.78, 5) is 3.33. The van der Waals surface area contributed by atoms with Gasteiger partial charge in [-0.05, 0) is 32.2 Å². The van der Waals surface area contributed by atoms with Crippen LogP contribution in [0.4, 0.5) is 5.69 Å². The number of hydrogen-bond donors (Lipinski definition) is 2. The van der Waals surface area contributed by atoms with E-state index in [2.05, 4.69) is 18.7 Å². The average molecular weight is 279 g/mol. The molecule has 5 heteroatoms. The third-order valence-electron chi connectivity index (χ3n) is 3.25. The van der Waals surface area contributed by atoms with Gasteiger partial charge in [-0.2, -0.15) is 0 Å². The summed E-state index contributed by atoms with van der Waals surface area (Å²) in [6.45, 7) is 5.83. The number of anilines is 1. The van der Waals surface area contributed by atoms with Crippen molar-refractivity contribution in [2.75, 3.05) is 24.2 Å². The van der Waals surface area contributed by atoms with E-state index in [-0.39, 0.29) is 18.0 Å². The lowest BCUT2D eigenvalue weighted by atomic mass is 10.1. The molecule has 19 heavy (non-hydrogen) atoms. The predicted molar refractivity (Wildman–Crippen MR) is 81.5 cm³/mol. The largest absolute Gasteiger partial charge is 0.384 e. The topological polar surface area (TPSA) is 62.3 Å². The molecule has 1 aliphatic heterocycles. The molecular formula is C14H21N3OS. The van der Waals surface area contributed by atoms with Crippen molar-refractivity contribution >= 4 is 23.3 Å². The van der Waals surface area contributed by atoms with Crippen LogP contribution in [0.5, 0.6) is 0 Å². The number of hydrogen-bond acceptors (Lipinski definition) is 4. The first kappa shape index (κ1) is 14.2. The summed E-state index contributed by atoms with van der Waals surface area (Å²) in [5.74, 6) is 0.131. The Morgan fingerprint density at radius 2 is 2.00 bits per heavy atom. The maximum atomic E-state index is 7.85. The molecule has 0 aromatic heterocycles. The van der Waals surface area contributed by atoms with E-state index in [1.807, 2.05) is 24.5 Å². The van der Waals surface area contributed by atoms with E-state index in [9.17, 15) is 0 Å². The third-order valence-corrected chi connectivity index (χ3v) is 4.03. The molecule has 4 nitrogen and oxygen atoms in total. The molecule has 2 unspecified atom stereocenters. The van der Waals surface area contributed by atoms with Crippen LogP contribution in [-0.4, -0.2) is 37.4 Å². The molecule has 0 spiro atoms. The van der Waals surface area contributed by atoms with Gasteiger partial charge >= 0.3 is 0 Å². The van der Waals surface area contributed by atoms with Crippen molar-refractivity contribution in [1.29, 1.82) is 5.41 Å². The number of rotatable bonds is 3. The van der Waals surface area contributed by atoms with Crippen LogP contribution in [0.15, 0.2) is 23.1 Å². The molecule has 1 aromatic rings. The molecule has 104 valence electrons. The van der Waals surface area contributed by atoms with Crippen molar-refractivity contribution in [1.82, 2.24) is 0 Å². The first-order chi connectivity index (χ1) is 9.02. The van der Waals surface area contributed by atoms with Gasteiger partial charge in [-0.25, -0.2) is 0 Å². The number of nitrogens with zero attached hydrogens (tertiary/aromatic N) is 1. The zero-order chi connectivity index (χ0) is 14.0. The van der Waals surface area contributed by atoms with Crippen molar-refractivity contribution < 1.29 is 4.74 Å². The second kappa shape index (κ2) is 5.84. The van der Waals surface area contributed by atoms with Gasteiger partial charge in [0.25, 0.3) is 0 Å². The van der Waals surface area contributed by atoms with Crippen LogP contribution >= 0.6 is 11.8 Å². The van der Waals surface area contributed by atoms with E-state index in [4.69, 9.17) is 15.9 Å². The highest BCUT2D eigenvalue weighted by atomic mass is 32.2. The first-order valence-electron chi connectivity index (χ1n) is 6.44. The van der Waals surface area contributed by atoms with Gasteiger partial charge in [-0.3, -0.25) is 5.41 Å². The van der Waals surface area contributed by atoms with Gasteiger partial charge in [0.1, 0.15) is 5.84 Å². The Balaban J connectivity index is 2.41. The molecule has 3 N–H and O–H groups in total. The van der Waals surface area contributed by atoms with Crippen LogP contribution in [0.3, 0.4) is 0 Å². The zero-order valence-corrected chi connectivity index (χ0v) is 12.5. The van der Waals surface area contributed by atoms with Gasteiger partial charge in [-0.1, -0.05) is 6.07 Å². The molecule has 1 saturated heterocycles. The second-order valence-electron chi connectivity index (χ2n) is 4.93. The number of nitrogens with one attached hydrogen (secondary N) is 1. The third kappa shape index (κ3) is 3.04. The number of morpholine rings is 1. The normalized spacial score (nSPS) is 23.4. The number of nitrogens with two attached hydrogens (primary N) is 1. The fourth-order valence-electron chi connectivity index (χ4n) is 2.60. The Kier molecular flexibility index (Phi) is 4.37. The molecule has 0 bridgehead atoms. The van der Waals surface area contributed by atoms with Gasteiger partial charge in [0.2, 0.25) is 0 Å². The van der Waals surface area contributed by atoms with Gasteiger partial charge < -0.3 is 15.4 Å². The fourth-order valence-corrected chi connectivity index (χ4v) is 3.23. The van der Waals surface area contributed by atoms with Gasteiger partial charge in [0, 0.05) is 23.7 Å². The summed E-state index contributed by atoms with van der Waals surface area (Å²) in [7, 11) is 0. The maximum Gasteiger partial charge on any atom is 0.126 e. The average Bonchev–Trinajstić information content (AvgIpc) is 2.36. The molecule has 1 heterocycles. The molecule has 0 amide bonds. The Hall–Kier alpha value is -1.20. The van der Waals surface area contributed by atoms with Crippen LogP contribution in [0.1, 0.15) is 19.4 Å². The fraction of sp³-hybridized carbons (Fsp3) is 0.500. The predicted octanol–water partition coefficient (Wildman–Crippen LogP) is 2.31.